The van der Waals surface area contributed by atoms with Gasteiger partial charge in [-0.1, -0.05) is 30.7 Å². The third-order valence-corrected chi connectivity index (χ3v) is 6.82. The summed E-state index contributed by atoms with van der Waals surface area (Å²) in [5.41, 5.74) is 0.543. The third-order valence-electron chi connectivity index (χ3n) is 4.92. The molecule has 1 aliphatic rings. The number of carbonyl (C=O) groups excluding carboxylic acids is 1. The zero-order valence-corrected chi connectivity index (χ0v) is 18.1. The predicted octanol–water partition coefficient (Wildman–Crippen LogP) is 3.31. The van der Waals surface area contributed by atoms with Crippen LogP contribution in [0, 0.1) is 22.7 Å². The van der Waals surface area contributed by atoms with E-state index in [1.807, 2.05) is 12.1 Å². The van der Waals surface area contributed by atoms with E-state index in [1.54, 1.807) is 36.4 Å². The van der Waals surface area contributed by atoms with Gasteiger partial charge in [0, 0.05) is 24.3 Å². The second-order valence-corrected chi connectivity index (χ2v) is 9.04. The van der Waals surface area contributed by atoms with Crippen LogP contribution in [0.1, 0.15) is 24.8 Å². The molecule has 0 spiro atoms. The summed E-state index contributed by atoms with van der Waals surface area (Å²) in [5, 5.41) is 20.8. The average molecular weight is 451 g/mol. The molecule has 3 rings (SSSR count). The van der Waals surface area contributed by atoms with Gasteiger partial charge in [-0.05, 0) is 43.2 Å². The Bertz CT molecular complexity index is 1200. The zero-order valence-electron chi connectivity index (χ0n) is 17.3. The van der Waals surface area contributed by atoms with Crippen LogP contribution in [0.2, 0.25) is 0 Å². The van der Waals surface area contributed by atoms with Crippen molar-refractivity contribution in [3.63, 3.8) is 0 Å². The fourth-order valence-electron chi connectivity index (χ4n) is 3.33. The maximum absolute atomic E-state index is 12.9. The van der Waals surface area contributed by atoms with Gasteiger partial charge in [-0.15, -0.1) is 0 Å². The van der Waals surface area contributed by atoms with Gasteiger partial charge in [-0.2, -0.15) is 14.8 Å². The number of carbonyl (C=O) groups is 1. The molecule has 9 heteroatoms. The third kappa shape index (κ3) is 5.52. The number of ether oxygens (including phenoxy) is 1. The van der Waals surface area contributed by atoms with Crippen molar-refractivity contribution < 1.29 is 17.9 Å². The molecule has 1 fully saturated rings. The van der Waals surface area contributed by atoms with E-state index in [4.69, 9.17) is 10.00 Å². The summed E-state index contributed by atoms with van der Waals surface area (Å²) in [7, 11) is -3.65. The topological polar surface area (TPSA) is 123 Å². The summed E-state index contributed by atoms with van der Waals surface area (Å²) in [6.45, 7) is 0.790. The van der Waals surface area contributed by atoms with Crippen LogP contribution in [0.5, 0.6) is 5.75 Å². The number of hydrogen-bond donors (Lipinski definition) is 1. The SMILES string of the molecule is N#CCOc1ccccc1/C=C(\C#N)C(=O)Nc1cccc(S(=O)(=O)N2CCCCC2)c1. The molecule has 1 saturated heterocycles. The van der Waals surface area contributed by atoms with Crippen molar-refractivity contribution in [2.45, 2.75) is 24.2 Å². The van der Waals surface area contributed by atoms with E-state index in [1.165, 1.54) is 22.5 Å². The van der Waals surface area contributed by atoms with Gasteiger partial charge in [0.2, 0.25) is 10.0 Å². The largest absolute Gasteiger partial charge is 0.478 e. The van der Waals surface area contributed by atoms with Crippen LogP contribution < -0.4 is 10.1 Å². The van der Waals surface area contributed by atoms with Gasteiger partial charge >= 0.3 is 0 Å². The minimum absolute atomic E-state index is 0.0925. The highest BCUT2D eigenvalue weighted by Crippen LogP contribution is 2.24. The summed E-state index contributed by atoms with van der Waals surface area (Å²) in [6, 6.07) is 16.4. The summed E-state index contributed by atoms with van der Waals surface area (Å²) in [5.74, 6) is -0.320. The monoisotopic (exact) mass is 450 g/mol. The predicted molar refractivity (Wildman–Crippen MR) is 119 cm³/mol. The number of hydrogen-bond acceptors (Lipinski definition) is 6. The van der Waals surface area contributed by atoms with Crippen molar-refractivity contribution in [2.24, 2.45) is 0 Å². The van der Waals surface area contributed by atoms with Gasteiger partial charge < -0.3 is 10.1 Å². The second kappa shape index (κ2) is 10.6. The molecule has 0 saturated carbocycles. The quantitative estimate of drug-likeness (QED) is 0.510. The molecule has 0 radical (unpaired) electrons. The number of para-hydroxylation sites is 1. The summed E-state index contributed by atoms with van der Waals surface area (Å²) < 4.78 is 32.6. The normalized spacial score (nSPS) is 14.8. The molecule has 2 aromatic rings. The Hall–Kier alpha value is -3.66. The van der Waals surface area contributed by atoms with E-state index in [0.717, 1.165) is 19.3 Å². The van der Waals surface area contributed by atoms with E-state index in [0.29, 0.717) is 24.4 Å². The van der Waals surface area contributed by atoms with Crippen LogP contribution in [0.4, 0.5) is 5.69 Å². The van der Waals surface area contributed by atoms with E-state index in [-0.39, 0.29) is 22.8 Å². The highest BCUT2D eigenvalue weighted by molar-refractivity contribution is 7.89. The Kier molecular flexibility index (Phi) is 7.61. The molecule has 8 nitrogen and oxygen atoms in total. The molecule has 2 aromatic carbocycles. The molecule has 0 aromatic heterocycles. The van der Waals surface area contributed by atoms with Crippen LogP contribution in [0.3, 0.4) is 0 Å². The molecule has 1 amide bonds. The number of piperidine rings is 1. The maximum Gasteiger partial charge on any atom is 0.266 e. The first-order valence-corrected chi connectivity index (χ1v) is 11.5. The standard InChI is InChI=1S/C23H22N4O4S/c24-11-14-31-22-10-3-2-7-18(22)15-19(17-25)23(28)26-20-8-6-9-21(16-20)32(29,30)27-12-4-1-5-13-27/h2-3,6-10,15-16H,1,4-5,12-14H2,(H,26,28)/b19-15+. The highest BCUT2D eigenvalue weighted by atomic mass is 32.2. The van der Waals surface area contributed by atoms with E-state index >= 15 is 0 Å². The highest BCUT2D eigenvalue weighted by Gasteiger charge is 2.26. The van der Waals surface area contributed by atoms with Crippen LogP contribution in [0.15, 0.2) is 59.0 Å². The number of nitrogens with zero attached hydrogens (tertiary/aromatic N) is 3. The number of nitrogens with one attached hydrogen (secondary N) is 1. The zero-order chi connectivity index (χ0) is 23.0. The van der Waals surface area contributed by atoms with Gasteiger partial charge in [-0.3, -0.25) is 4.79 Å². The van der Waals surface area contributed by atoms with E-state index in [9.17, 15) is 18.5 Å². The van der Waals surface area contributed by atoms with Crippen LogP contribution in [-0.4, -0.2) is 38.3 Å². The second-order valence-electron chi connectivity index (χ2n) is 7.10. The lowest BCUT2D eigenvalue weighted by molar-refractivity contribution is -0.112. The number of anilines is 1. The van der Waals surface area contributed by atoms with Gasteiger partial charge in [0.25, 0.3) is 5.91 Å². The van der Waals surface area contributed by atoms with Gasteiger partial charge in [0.1, 0.15) is 23.5 Å². The molecule has 1 aliphatic heterocycles. The van der Waals surface area contributed by atoms with E-state index < -0.39 is 15.9 Å². The molecule has 1 N–H and O–H groups in total. The molecule has 32 heavy (non-hydrogen) atoms. The fraction of sp³-hybridized carbons (Fsp3) is 0.261. The minimum Gasteiger partial charge on any atom is -0.478 e. The Labute approximate surface area is 187 Å². The number of nitriles is 2. The van der Waals surface area contributed by atoms with Gasteiger partial charge in [0.15, 0.2) is 6.61 Å². The van der Waals surface area contributed by atoms with E-state index in [2.05, 4.69) is 5.32 Å². The van der Waals surface area contributed by atoms with Crippen molar-refractivity contribution in [1.29, 1.82) is 10.5 Å². The lowest BCUT2D eigenvalue weighted by Crippen LogP contribution is -2.35. The summed E-state index contributed by atoms with van der Waals surface area (Å²) >= 11 is 0. The first kappa shape index (κ1) is 23.0. The molecule has 1 heterocycles. The lowest BCUT2D eigenvalue weighted by atomic mass is 10.1. The number of rotatable bonds is 7. The van der Waals surface area contributed by atoms with Crippen molar-refractivity contribution in [3.05, 3.63) is 59.7 Å². The Balaban J connectivity index is 1.81. The number of sulfonamides is 1. The molecule has 0 atom stereocenters. The molecular weight excluding hydrogens is 428 g/mol. The lowest BCUT2D eigenvalue weighted by Gasteiger charge is -2.26. The van der Waals surface area contributed by atoms with Gasteiger partial charge in [-0.25, -0.2) is 8.42 Å². The molecule has 164 valence electrons. The Morgan fingerprint density at radius 3 is 2.56 bits per heavy atom. The number of amides is 1. The molecular formula is C23H22N4O4S. The van der Waals surface area contributed by atoms with Crippen molar-refractivity contribution in [3.8, 4) is 17.9 Å². The molecule has 0 bridgehead atoms. The van der Waals surface area contributed by atoms with Crippen molar-refractivity contribution in [2.75, 3.05) is 25.0 Å². The average Bonchev–Trinajstić information content (AvgIpc) is 2.82. The minimum atomic E-state index is -3.65. The number of benzene rings is 2. The molecule has 0 unspecified atom stereocenters. The summed E-state index contributed by atoms with van der Waals surface area (Å²) in [4.78, 5) is 12.8. The van der Waals surface area contributed by atoms with Crippen molar-refractivity contribution >= 4 is 27.7 Å². The Morgan fingerprint density at radius 2 is 1.84 bits per heavy atom. The van der Waals surface area contributed by atoms with Crippen LogP contribution >= 0.6 is 0 Å². The first-order chi connectivity index (χ1) is 15.5. The van der Waals surface area contributed by atoms with Gasteiger partial charge in [0.05, 0.1) is 4.90 Å². The van der Waals surface area contributed by atoms with Crippen molar-refractivity contribution in [1.82, 2.24) is 4.31 Å². The maximum atomic E-state index is 12.9. The summed E-state index contributed by atoms with van der Waals surface area (Å²) in [6.07, 6.45) is 4.02. The van der Waals surface area contributed by atoms with Crippen LogP contribution in [-0.2, 0) is 14.8 Å². The van der Waals surface area contributed by atoms with Crippen LogP contribution in [0.25, 0.3) is 6.08 Å². The smallest absolute Gasteiger partial charge is 0.266 e. The molecule has 0 aliphatic carbocycles. The Morgan fingerprint density at radius 1 is 1.09 bits per heavy atom. The first-order valence-electron chi connectivity index (χ1n) is 10.1. The fourth-order valence-corrected chi connectivity index (χ4v) is 4.90.